The van der Waals surface area contributed by atoms with Crippen molar-refractivity contribution >= 4 is 29.1 Å². The predicted molar refractivity (Wildman–Crippen MR) is 70.0 cm³/mol. The normalized spacial score (nSPS) is 10.4. The molecule has 0 saturated carbocycles. The third-order valence-electron chi connectivity index (χ3n) is 2.42. The summed E-state index contributed by atoms with van der Waals surface area (Å²) in [5.74, 6) is -1.40. The van der Waals surface area contributed by atoms with Crippen LogP contribution >= 0.6 is 11.6 Å². The number of carbonyl (C=O) groups excluding carboxylic acids is 2. The molecule has 2 amide bonds. The van der Waals surface area contributed by atoms with Crippen LogP contribution in [-0.2, 0) is 0 Å². The molecule has 98 valence electrons. The Kier molecular flexibility index (Phi) is 3.14. The third-order valence-corrected chi connectivity index (χ3v) is 2.71. The van der Waals surface area contributed by atoms with Gasteiger partial charge in [-0.3, -0.25) is 9.59 Å². The van der Waals surface area contributed by atoms with Crippen molar-refractivity contribution in [2.24, 2.45) is 11.5 Å². The topological polar surface area (TPSA) is 130 Å². The van der Waals surface area contributed by atoms with Gasteiger partial charge in [-0.25, -0.2) is 4.68 Å². The molecule has 1 aromatic carbocycles. The van der Waals surface area contributed by atoms with E-state index in [1.165, 1.54) is 29.1 Å². The van der Waals surface area contributed by atoms with Crippen LogP contribution in [-0.4, -0.2) is 21.6 Å². The van der Waals surface area contributed by atoms with Gasteiger partial charge in [0.25, 0.3) is 11.8 Å². The molecule has 0 aliphatic heterocycles. The summed E-state index contributed by atoms with van der Waals surface area (Å²) in [6.45, 7) is 0. The van der Waals surface area contributed by atoms with Crippen LogP contribution in [0.5, 0.6) is 0 Å². The molecule has 0 fully saturated rings. The van der Waals surface area contributed by atoms with Crippen LogP contribution in [0.4, 0.5) is 5.69 Å². The lowest BCUT2D eigenvalue weighted by molar-refractivity contribution is 0.0990. The maximum absolute atomic E-state index is 11.4. The summed E-state index contributed by atoms with van der Waals surface area (Å²) in [6.07, 6.45) is 1.45. The number of aromatic nitrogens is 2. The van der Waals surface area contributed by atoms with Crippen molar-refractivity contribution in [3.8, 4) is 5.69 Å². The van der Waals surface area contributed by atoms with Gasteiger partial charge in [0, 0.05) is 11.9 Å². The molecule has 8 heteroatoms. The first kappa shape index (κ1) is 12.9. The zero-order valence-electron chi connectivity index (χ0n) is 9.63. The average molecular weight is 280 g/mol. The molecule has 1 aromatic heterocycles. The van der Waals surface area contributed by atoms with Crippen molar-refractivity contribution in [1.29, 1.82) is 0 Å². The monoisotopic (exact) mass is 279 g/mol. The van der Waals surface area contributed by atoms with Crippen molar-refractivity contribution in [1.82, 2.24) is 9.78 Å². The van der Waals surface area contributed by atoms with Crippen LogP contribution in [0.2, 0.25) is 5.02 Å². The van der Waals surface area contributed by atoms with Gasteiger partial charge in [-0.1, -0.05) is 11.6 Å². The quantitative estimate of drug-likeness (QED) is 0.698. The third kappa shape index (κ3) is 2.36. The standard InChI is InChI=1S/C11H10ClN5O2/c12-7-4-5(13)3-6(10(14)18)9(7)17-2-1-8(16-17)11(15)19/h1-4H,13H2,(H2,14,18)(H2,15,19). The number of benzene rings is 1. The molecule has 2 rings (SSSR count). The fourth-order valence-electron chi connectivity index (χ4n) is 1.62. The number of nitrogens with two attached hydrogens (primary N) is 3. The van der Waals surface area contributed by atoms with Crippen molar-refractivity contribution in [3.05, 3.63) is 40.7 Å². The molecule has 0 aliphatic rings. The number of rotatable bonds is 3. The summed E-state index contributed by atoms with van der Waals surface area (Å²) in [7, 11) is 0. The lowest BCUT2D eigenvalue weighted by Crippen LogP contribution is -2.17. The lowest BCUT2D eigenvalue weighted by atomic mass is 10.1. The molecule has 7 nitrogen and oxygen atoms in total. The largest absolute Gasteiger partial charge is 0.399 e. The fraction of sp³-hybridized carbons (Fsp3) is 0. The lowest BCUT2D eigenvalue weighted by Gasteiger charge is -2.10. The van der Waals surface area contributed by atoms with Gasteiger partial charge in [0.15, 0.2) is 0 Å². The van der Waals surface area contributed by atoms with Gasteiger partial charge in [-0.2, -0.15) is 5.10 Å². The smallest absolute Gasteiger partial charge is 0.269 e. The Balaban J connectivity index is 2.66. The zero-order chi connectivity index (χ0) is 14.2. The Bertz CT molecular complexity index is 680. The van der Waals surface area contributed by atoms with E-state index >= 15 is 0 Å². The molecule has 0 unspecified atom stereocenters. The van der Waals surface area contributed by atoms with E-state index in [1.807, 2.05) is 0 Å². The van der Waals surface area contributed by atoms with E-state index in [1.54, 1.807) is 0 Å². The first-order chi connectivity index (χ1) is 8.90. The fourth-order valence-corrected chi connectivity index (χ4v) is 1.93. The second-order valence-corrected chi connectivity index (χ2v) is 4.18. The van der Waals surface area contributed by atoms with Crippen molar-refractivity contribution < 1.29 is 9.59 Å². The molecule has 6 N–H and O–H groups in total. The van der Waals surface area contributed by atoms with E-state index in [-0.39, 0.29) is 22.0 Å². The number of amides is 2. The minimum absolute atomic E-state index is 0.0447. The van der Waals surface area contributed by atoms with Crippen molar-refractivity contribution in [3.63, 3.8) is 0 Å². The van der Waals surface area contributed by atoms with E-state index in [0.717, 1.165) is 0 Å². The van der Waals surface area contributed by atoms with Gasteiger partial charge in [0.05, 0.1) is 16.3 Å². The molecule has 0 aliphatic carbocycles. The van der Waals surface area contributed by atoms with Crippen LogP contribution in [0.3, 0.4) is 0 Å². The summed E-state index contributed by atoms with van der Waals surface area (Å²) >= 11 is 6.04. The maximum Gasteiger partial charge on any atom is 0.269 e. The molecule has 0 spiro atoms. The van der Waals surface area contributed by atoms with Gasteiger partial charge in [0.2, 0.25) is 0 Å². The van der Waals surface area contributed by atoms with E-state index in [4.69, 9.17) is 28.8 Å². The second kappa shape index (κ2) is 4.62. The van der Waals surface area contributed by atoms with Crippen LogP contribution in [0.25, 0.3) is 5.69 Å². The molecule has 0 bridgehead atoms. The minimum Gasteiger partial charge on any atom is -0.399 e. The molecular formula is C11H10ClN5O2. The molecule has 1 heterocycles. The van der Waals surface area contributed by atoms with Crippen molar-refractivity contribution in [2.75, 3.05) is 5.73 Å². The highest BCUT2D eigenvalue weighted by atomic mass is 35.5. The molecule has 0 saturated heterocycles. The number of nitrogens with zero attached hydrogens (tertiary/aromatic N) is 2. The van der Waals surface area contributed by atoms with Gasteiger partial charge in [-0.05, 0) is 18.2 Å². The molecule has 19 heavy (non-hydrogen) atoms. The Hall–Kier alpha value is -2.54. The van der Waals surface area contributed by atoms with E-state index in [0.29, 0.717) is 5.69 Å². The molecule has 0 atom stereocenters. The van der Waals surface area contributed by atoms with Crippen LogP contribution < -0.4 is 17.2 Å². The number of halogens is 1. The Labute approximate surface area is 112 Å². The second-order valence-electron chi connectivity index (χ2n) is 3.77. The number of anilines is 1. The first-order valence-electron chi connectivity index (χ1n) is 5.15. The number of hydrogen-bond acceptors (Lipinski definition) is 4. The highest BCUT2D eigenvalue weighted by Gasteiger charge is 2.17. The van der Waals surface area contributed by atoms with Gasteiger partial charge < -0.3 is 17.2 Å². The highest BCUT2D eigenvalue weighted by Crippen LogP contribution is 2.27. The highest BCUT2D eigenvalue weighted by molar-refractivity contribution is 6.33. The van der Waals surface area contributed by atoms with E-state index in [2.05, 4.69) is 5.10 Å². The Morgan fingerprint density at radius 3 is 2.42 bits per heavy atom. The van der Waals surface area contributed by atoms with Gasteiger partial charge in [-0.15, -0.1) is 0 Å². The van der Waals surface area contributed by atoms with Crippen LogP contribution in [0, 0.1) is 0 Å². The number of primary amides is 2. The Morgan fingerprint density at radius 2 is 1.89 bits per heavy atom. The van der Waals surface area contributed by atoms with E-state index < -0.39 is 11.8 Å². The predicted octanol–water partition coefficient (Wildman–Crippen LogP) is 0.306. The zero-order valence-corrected chi connectivity index (χ0v) is 10.4. The number of nitrogen functional groups attached to an aromatic ring is 1. The maximum atomic E-state index is 11.4. The first-order valence-corrected chi connectivity index (χ1v) is 5.52. The summed E-state index contributed by atoms with van der Waals surface area (Å²) in [5.41, 5.74) is 16.7. The SMILES string of the molecule is NC(=O)c1ccn(-c2c(Cl)cc(N)cc2C(N)=O)n1. The van der Waals surface area contributed by atoms with Gasteiger partial charge >= 0.3 is 0 Å². The summed E-state index contributed by atoms with van der Waals surface area (Å²) < 4.78 is 1.25. The van der Waals surface area contributed by atoms with Crippen LogP contribution in [0.15, 0.2) is 24.4 Å². The summed E-state index contributed by atoms with van der Waals surface area (Å²) in [6, 6.07) is 4.24. The molecular weight excluding hydrogens is 270 g/mol. The minimum atomic E-state index is -0.708. The number of hydrogen-bond donors (Lipinski definition) is 3. The van der Waals surface area contributed by atoms with Crippen LogP contribution in [0.1, 0.15) is 20.8 Å². The average Bonchev–Trinajstić information content (AvgIpc) is 2.76. The van der Waals surface area contributed by atoms with E-state index in [9.17, 15) is 9.59 Å². The van der Waals surface area contributed by atoms with Gasteiger partial charge in [0.1, 0.15) is 5.69 Å². The Morgan fingerprint density at radius 1 is 1.21 bits per heavy atom. The molecule has 2 aromatic rings. The molecule has 0 radical (unpaired) electrons. The van der Waals surface area contributed by atoms with Crippen molar-refractivity contribution in [2.45, 2.75) is 0 Å². The summed E-state index contributed by atoms with van der Waals surface area (Å²) in [5, 5.41) is 4.11. The number of carbonyl (C=O) groups is 2. The summed E-state index contributed by atoms with van der Waals surface area (Å²) in [4.78, 5) is 22.4.